The lowest BCUT2D eigenvalue weighted by molar-refractivity contribution is 0.324. The molecule has 3 rings (SSSR count). The Hall–Kier alpha value is -2.89. The first-order chi connectivity index (χ1) is 10.3. The van der Waals surface area contributed by atoms with Crippen molar-refractivity contribution >= 4 is 5.69 Å². The molecule has 0 aliphatic rings. The van der Waals surface area contributed by atoms with Crippen LogP contribution in [0.3, 0.4) is 0 Å². The van der Waals surface area contributed by atoms with Crippen LogP contribution in [0.15, 0.2) is 49.1 Å². The summed E-state index contributed by atoms with van der Waals surface area (Å²) in [6.45, 7) is 2.45. The van der Waals surface area contributed by atoms with Crippen molar-refractivity contribution in [2.75, 3.05) is 12.3 Å². The van der Waals surface area contributed by atoms with Gasteiger partial charge in [-0.2, -0.15) is 10.1 Å². The van der Waals surface area contributed by atoms with E-state index in [1.165, 1.54) is 0 Å². The molecular weight excluding hydrogens is 266 g/mol. The molecule has 0 fully saturated rings. The van der Waals surface area contributed by atoms with E-state index in [9.17, 15) is 0 Å². The highest BCUT2D eigenvalue weighted by molar-refractivity contribution is 5.75. The average Bonchev–Trinajstić information content (AvgIpc) is 2.98. The molecule has 3 aromatic rings. The third kappa shape index (κ3) is 2.69. The molecule has 0 amide bonds. The van der Waals surface area contributed by atoms with E-state index in [0.717, 1.165) is 11.1 Å². The summed E-state index contributed by atoms with van der Waals surface area (Å²) < 4.78 is 6.99. The molecule has 0 radical (unpaired) electrons. The lowest BCUT2D eigenvalue weighted by atomic mass is 10.1. The van der Waals surface area contributed by atoms with Gasteiger partial charge in [0.2, 0.25) is 5.88 Å². The Bertz CT molecular complexity index is 753. The van der Waals surface area contributed by atoms with Crippen LogP contribution < -0.4 is 10.5 Å². The van der Waals surface area contributed by atoms with Gasteiger partial charge in [-0.3, -0.25) is 4.98 Å². The van der Waals surface area contributed by atoms with E-state index in [1.807, 2.05) is 37.4 Å². The second-order valence-corrected chi connectivity index (χ2v) is 4.41. The minimum absolute atomic E-state index is 0.478. The standard InChI is InChI=1S/C15H15N5O/c1-2-21-15-9-17-8-14(19-15)20-10-11(7-18-20)12-5-3-4-6-13(12)16/h3-10H,2,16H2,1H3. The SMILES string of the molecule is CCOc1cncc(-n2cc(-c3ccccc3N)cn2)n1. The fourth-order valence-electron chi connectivity index (χ4n) is 2.01. The quantitative estimate of drug-likeness (QED) is 0.742. The lowest BCUT2D eigenvalue weighted by Gasteiger charge is -2.04. The van der Waals surface area contributed by atoms with Crippen LogP contribution in [-0.4, -0.2) is 26.4 Å². The average molecular weight is 281 g/mol. The Morgan fingerprint density at radius 1 is 1.19 bits per heavy atom. The fourth-order valence-corrected chi connectivity index (χ4v) is 2.01. The Balaban J connectivity index is 1.95. The van der Waals surface area contributed by atoms with Gasteiger partial charge in [0, 0.05) is 23.0 Å². The molecule has 2 aromatic heterocycles. The molecule has 0 aliphatic heterocycles. The van der Waals surface area contributed by atoms with Crippen LogP contribution in [0.5, 0.6) is 5.88 Å². The summed E-state index contributed by atoms with van der Waals surface area (Å²) in [7, 11) is 0. The van der Waals surface area contributed by atoms with Gasteiger partial charge in [-0.15, -0.1) is 0 Å². The van der Waals surface area contributed by atoms with Gasteiger partial charge in [0.15, 0.2) is 5.82 Å². The summed E-state index contributed by atoms with van der Waals surface area (Å²) in [5.74, 6) is 1.08. The van der Waals surface area contributed by atoms with E-state index >= 15 is 0 Å². The molecular formula is C15H15N5O. The van der Waals surface area contributed by atoms with Gasteiger partial charge in [0.05, 0.1) is 25.2 Å². The maximum atomic E-state index is 5.98. The maximum Gasteiger partial charge on any atom is 0.234 e. The van der Waals surface area contributed by atoms with Gasteiger partial charge in [0.25, 0.3) is 0 Å². The molecule has 0 saturated carbocycles. The number of nitrogen functional groups attached to an aromatic ring is 1. The molecule has 0 bridgehead atoms. The summed E-state index contributed by atoms with van der Waals surface area (Å²) in [5, 5.41) is 4.31. The fraction of sp³-hybridized carbons (Fsp3) is 0.133. The predicted molar refractivity (Wildman–Crippen MR) is 80.2 cm³/mol. The monoisotopic (exact) mass is 281 g/mol. The van der Waals surface area contributed by atoms with Gasteiger partial charge in [-0.1, -0.05) is 18.2 Å². The highest BCUT2D eigenvalue weighted by atomic mass is 16.5. The number of benzene rings is 1. The molecule has 1 aromatic carbocycles. The van der Waals surface area contributed by atoms with Crippen molar-refractivity contribution in [1.82, 2.24) is 19.7 Å². The Morgan fingerprint density at radius 3 is 2.86 bits per heavy atom. The Kier molecular flexibility index (Phi) is 3.51. The zero-order chi connectivity index (χ0) is 14.7. The number of hydrogen-bond acceptors (Lipinski definition) is 5. The van der Waals surface area contributed by atoms with Crippen molar-refractivity contribution in [2.24, 2.45) is 0 Å². The second kappa shape index (κ2) is 5.62. The molecule has 0 unspecified atom stereocenters. The van der Waals surface area contributed by atoms with E-state index in [2.05, 4.69) is 15.1 Å². The van der Waals surface area contributed by atoms with Gasteiger partial charge in [0.1, 0.15) is 0 Å². The van der Waals surface area contributed by atoms with E-state index in [-0.39, 0.29) is 0 Å². The minimum atomic E-state index is 0.478. The summed E-state index contributed by atoms with van der Waals surface area (Å²) in [4.78, 5) is 8.45. The highest BCUT2D eigenvalue weighted by Crippen LogP contribution is 2.25. The lowest BCUT2D eigenvalue weighted by Crippen LogP contribution is -2.02. The van der Waals surface area contributed by atoms with Gasteiger partial charge >= 0.3 is 0 Å². The van der Waals surface area contributed by atoms with E-state index in [1.54, 1.807) is 23.3 Å². The third-order valence-corrected chi connectivity index (χ3v) is 2.98. The molecule has 0 aliphatic carbocycles. The van der Waals surface area contributed by atoms with Crippen molar-refractivity contribution in [3.8, 4) is 22.8 Å². The smallest absolute Gasteiger partial charge is 0.234 e. The molecule has 106 valence electrons. The number of nitrogens with zero attached hydrogens (tertiary/aromatic N) is 4. The zero-order valence-corrected chi connectivity index (χ0v) is 11.6. The van der Waals surface area contributed by atoms with Crippen molar-refractivity contribution in [1.29, 1.82) is 0 Å². The van der Waals surface area contributed by atoms with Crippen LogP contribution in [0.2, 0.25) is 0 Å². The van der Waals surface area contributed by atoms with E-state index < -0.39 is 0 Å². The van der Waals surface area contributed by atoms with Gasteiger partial charge in [-0.25, -0.2) is 4.68 Å². The molecule has 21 heavy (non-hydrogen) atoms. The number of anilines is 1. The molecule has 6 heteroatoms. The summed E-state index contributed by atoms with van der Waals surface area (Å²) in [6.07, 6.45) is 6.83. The third-order valence-electron chi connectivity index (χ3n) is 2.98. The number of para-hydroxylation sites is 1. The highest BCUT2D eigenvalue weighted by Gasteiger charge is 2.08. The Morgan fingerprint density at radius 2 is 2.05 bits per heavy atom. The molecule has 0 spiro atoms. The van der Waals surface area contributed by atoms with Crippen LogP contribution in [0, 0.1) is 0 Å². The van der Waals surface area contributed by atoms with Crippen molar-refractivity contribution in [2.45, 2.75) is 6.92 Å². The van der Waals surface area contributed by atoms with Crippen molar-refractivity contribution in [3.63, 3.8) is 0 Å². The summed E-state index contributed by atoms with van der Waals surface area (Å²) >= 11 is 0. The summed E-state index contributed by atoms with van der Waals surface area (Å²) in [6, 6.07) is 7.67. The van der Waals surface area contributed by atoms with E-state index in [4.69, 9.17) is 10.5 Å². The largest absolute Gasteiger partial charge is 0.477 e. The second-order valence-electron chi connectivity index (χ2n) is 4.41. The van der Waals surface area contributed by atoms with Gasteiger partial charge in [-0.05, 0) is 13.0 Å². The number of rotatable bonds is 4. The maximum absolute atomic E-state index is 5.98. The number of aromatic nitrogens is 4. The van der Waals surface area contributed by atoms with Crippen LogP contribution in [0.4, 0.5) is 5.69 Å². The molecule has 6 nitrogen and oxygen atoms in total. The number of hydrogen-bond donors (Lipinski definition) is 1. The molecule has 0 atom stereocenters. The minimum Gasteiger partial charge on any atom is -0.477 e. The first-order valence-electron chi connectivity index (χ1n) is 6.62. The van der Waals surface area contributed by atoms with Crippen molar-refractivity contribution < 1.29 is 4.74 Å². The van der Waals surface area contributed by atoms with Crippen molar-refractivity contribution in [3.05, 3.63) is 49.1 Å². The van der Waals surface area contributed by atoms with Crippen LogP contribution in [-0.2, 0) is 0 Å². The molecule has 2 heterocycles. The molecule has 0 saturated heterocycles. The first kappa shape index (κ1) is 13.1. The van der Waals surface area contributed by atoms with E-state index in [0.29, 0.717) is 24.0 Å². The van der Waals surface area contributed by atoms with Crippen LogP contribution in [0.25, 0.3) is 16.9 Å². The Labute approximate surface area is 122 Å². The summed E-state index contributed by atoms with van der Waals surface area (Å²) in [5.41, 5.74) is 8.56. The number of nitrogens with two attached hydrogens (primary N) is 1. The van der Waals surface area contributed by atoms with Crippen LogP contribution in [0.1, 0.15) is 6.92 Å². The predicted octanol–water partition coefficient (Wildman–Crippen LogP) is 2.31. The molecule has 2 N–H and O–H groups in total. The number of ether oxygens (including phenoxy) is 1. The van der Waals surface area contributed by atoms with Crippen LogP contribution >= 0.6 is 0 Å². The zero-order valence-electron chi connectivity index (χ0n) is 11.6. The van der Waals surface area contributed by atoms with Gasteiger partial charge < -0.3 is 10.5 Å². The topological polar surface area (TPSA) is 78.9 Å². The first-order valence-corrected chi connectivity index (χ1v) is 6.62. The normalized spacial score (nSPS) is 10.5.